The van der Waals surface area contributed by atoms with Crippen molar-refractivity contribution in [3.63, 3.8) is 0 Å². The second-order valence-corrected chi connectivity index (χ2v) is 6.44. The van der Waals surface area contributed by atoms with E-state index in [1.165, 1.54) is 32.4 Å². The molecule has 0 radical (unpaired) electrons. The van der Waals surface area contributed by atoms with Crippen molar-refractivity contribution >= 4 is 29.4 Å². The highest BCUT2D eigenvalue weighted by Gasteiger charge is 2.52. The number of nitrogens with one attached hydrogen (secondary N) is 2. The van der Waals surface area contributed by atoms with Gasteiger partial charge in [-0.25, -0.2) is 4.79 Å². The van der Waals surface area contributed by atoms with E-state index >= 15 is 0 Å². The fraction of sp³-hybridized carbons (Fsp3) is 0.278. The van der Waals surface area contributed by atoms with E-state index in [1.54, 1.807) is 19.1 Å². The van der Waals surface area contributed by atoms with Gasteiger partial charge < -0.3 is 19.2 Å². The predicted molar refractivity (Wildman–Crippen MR) is 98.1 cm³/mol. The summed E-state index contributed by atoms with van der Waals surface area (Å²) in [5, 5.41) is 3.26. The smallest absolute Gasteiger partial charge is 0.344 e. The summed E-state index contributed by atoms with van der Waals surface area (Å²) >= 11 is 6.17. The zero-order valence-corrected chi connectivity index (χ0v) is 16.1. The van der Waals surface area contributed by atoms with Gasteiger partial charge in [-0.2, -0.15) is 5.01 Å². The van der Waals surface area contributed by atoms with Crippen molar-refractivity contribution in [1.29, 1.82) is 0 Å². The Morgan fingerprint density at radius 3 is 2.75 bits per heavy atom. The molecular weight excluding hydrogens is 390 g/mol. The van der Waals surface area contributed by atoms with Crippen LogP contribution in [-0.4, -0.2) is 36.6 Å². The van der Waals surface area contributed by atoms with E-state index in [2.05, 4.69) is 10.7 Å². The van der Waals surface area contributed by atoms with Gasteiger partial charge in [0.15, 0.2) is 17.0 Å². The lowest BCUT2D eigenvalue weighted by Gasteiger charge is -2.19. The zero-order chi connectivity index (χ0) is 20.5. The van der Waals surface area contributed by atoms with Crippen LogP contribution in [0.4, 0.5) is 4.79 Å². The van der Waals surface area contributed by atoms with Gasteiger partial charge in [0.25, 0.3) is 11.8 Å². The van der Waals surface area contributed by atoms with Gasteiger partial charge in [0.1, 0.15) is 5.76 Å². The maximum atomic E-state index is 12.7. The summed E-state index contributed by atoms with van der Waals surface area (Å²) in [6, 6.07) is 5.11. The average Bonchev–Trinajstić information content (AvgIpc) is 3.27. The van der Waals surface area contributed by atoms with E-state index in [-0.39, 0.29) is 22.1 Å². The topological polar surface area (TPSA) is 110 Å². The van der Waals surface area contributed by atoms with E-state index in [0.717, 1.165) is 0 Å². The van der Waals surface area contributed by atoms with Crippen LogP contribution in [0.15, 0.2) is 34.9 Å². The Morgan fingerprint density at radius 2 is 2.14 bits per heavy atom. The molecule has 0 aliphatic carbocycles. The highest BCUT2D eigenvalue weighted by Crippen LogP contribution is 2.36. The molecule has 0 spiro atoms. The summed E-state index contributed by atoms with van der Waals surface area (Å²) in [6.07, 6.45) is 1.38. The zero-order valence-electron chi connectivity index (χ0n) is 15.4. The molecule has 0 bridgehead atoms. The standard InChI is InChI=1S/C18H18ClN3O6/c1-4-27-14-11(19)8-10(9-12(14)26-3)15(23)21-22-16(24)18(2,20-17(22)25)13-6-5-7-28-13/h5-9H,4H2,1-3H3,(H,20,25)(H,21,23)/t18-/m0/s1. The molecule has 1 saturated heterocycles. The Hall–Kier alpha value is -3.20. The van der Waals surface area contributed by atoms with Gasteiger partial charge in [-0.1, -0.05) is 11.6 Å². The monoisotopic (exact) mass is 407 g/mol. The number of benzene rings is 1. The molecule has 1 aliphatic rings. The lowest BCUT2D eigenvalue weighted by atomic mass is 10.00. The van der Waals surface area contributed by atoms with Crippen molar-refractivity contribution in [2.75, 3.05) is 13.7 Å². The Labute approximate surface area is 165 Å². The number of furan rings is 1. The number of hydrazine groups is 1. The van der Waals surface area contributed by atoms with Crippen LogP contribution in [0.25, 0.3) is 0 Å². The van der Waals surface area contributed by atoms with Crippen molar-refractivity contribution in [3.05, 3.63) is 46.9 Å². The molecule has 9 nitrogen and oxygen atoms in total. The third-order valence-electron chi connectivity index (χ3n) is 4.20. The summed E-state index contributed by atoms with van der Waals surface area (Å²) in [6.45, 7) is 3.62. The maximum absolute atomic E-state index is 12.7. The lowest BCUT2D eigenvalue weighted by molar-refractivity contribution is -0.133. The summed E-state index contributed by atoms with van der Waals surface area (Å²) < 4.78 is 15.8. The molecule has 0 saturated carbocycles. The number of hydrogen-bond acceptors (Lipinski definition) is 6. The molecule has 2 heterocycles. The maximum Gasteiger partial charge on any atom is 0.344 e. The number of ether oxygens (including phenoxy) is 2. The summed E-state index contributed by atoms with van der Waals surface area (Å²) in [5.74, 6) is -0.630. The molecule has 3 rings (SSSR count). The van der Waals surface area contributed by atoms with Crippen molar-refractivity contribution < 1.29 is 28.3 Å². The molecule has 2 aromatic rings. The molecule has 1 aromatic heterocycles. The molecule has 0 unspecified atom stereocenters. The number of rotatable bonds is 6. The van der Waals surface area contributed by atoms with Gasteiger partial charge in [0.05, 0.1) is 25.0 Å². The molecule has 10 heteroatoms. The van der Waals surface area contributed by atoms with E-state index in [4.69, 9.17) is 25.5 Å². The van der Waals surface area contributed by atoms with Crippen LogP contribution < -0.4 is 20.2 Å². The molecule has 2 N–H and O–H groups in total. The fourth-order valence-corrected chi connectivity index (χ4v) is 3.04. The molecule has 1 fully saturated rings. The minimum atomic E-state index is -1.43. The first-order valence-corrected chi connectivity index (χ1v) is 8.71. The van der Waals surface area contributed by atoms with E-state index in [0.29, 0.717) is 17.4 Å². The van der Waals surface area contributed by atoms with Crippen LogP contribution >= 0.6 is 11.6 Å². The number of hydrogen-bond donors (Lipinski definition) is 2. The molecule has 1 atom stereocenters. The molecule has 148 valence electrons. The van der Waals surface area contributed by atoms with Crippen LogP contribution in [-0.2, 0) is 10.3 Å². The second kappa shape index (κ2) is 7.43. The van der Waals surface area contributed by atoms with E-state index in [9.17, 15) is 14.4 Å². The lowest BCUT2D eigenvalue weighted by Crippen LogP contribution is -2.47. The van der Waals surface area contributed by atoms with Crippen LogP contribution in [0, 0.1) is 0 Å². The number of halogens is 1. The number of amides is 4. The van der Waals surface area contributed by atoms with Crippen LogP contribution in [0.1, 0.15) is 30.0 Å². The number of urea groups is 1. The van der Waals surface area contributed by atoms with Gasteiger partial charge in [0, 0.05) is 5.56 Å². The molecule has 1 aliphatic heterocycles. The number of methoxy groups -OCH3 is 1. The minimum Gasteiger partial charge on any atom is -0.493 e. The Balaban J connectivity index is 1.84. The van der Waals surface area contributed by atoms with Gasteiger partial charge in [-0.15, -0.1) is 0 Å². The van der Waals surface area contributed by atoms with E-state index < -0.39 is 23.4 Å². The van der Waals surface area contributed by atoms with Crippen LogP contribution in [0.2, 0.25) is 5.02 Å². The van der Waals surface area contributed by atoms with Gasteiger partial charge >= 0.3 is 6.03 Å². The highest BCUT2D eigenvalue weighted by atomic mass is 35.5. The summed E-state index contributed by atoms with van der Waals surface area (Å²) in [7, 11) is 1.40. The number of nitrogens with zero attached hydrogens (tertiary/aromatic N) is 1. The first kappa shape index (κ1) is 19.6. The van der Waals surface area contributed by atoms with Crippen molar-refractivity contribution in [3.8, 4) is 11.5 Å². The molecular formula is C18H18ClN3O6. The van der Waals surface area contributed by atoms with Crippen molar-refractivity contribution in [1.82, 2.24) is 15.8 Å². The van der Waals surface area contributed by atoms with E-state index in [1.807, 2.05) is 0 Å². The average molecular weight is 408 g/mol. The first-order chi connectivity index (χ1) is 13.3. The van der Waals surface area contributed by atoms with Gasteiger partial charge in [-0.3, -0.25) is 15.0 Å². The Kier molecular flexibility index (Phi) is 5.19. The predicted octanol–water partition coefficient (Wildman–Crippen LogP) is 2.45. The quantitative estimate of drug-likeness (QED) is 0.712. The Morgan fingerprint density at radius 1 is 1.39 bits per heavy atom. The molecule has 28 heavy (non-hydrogen) atoms. The van der Waals surface area contributed by atoms with Crippen molar-refractivity contribution in [2.24, 2.45) is 0 Å². The summed E-state index contributed by atoms with van der Waals surface area (Å²) in [4.78, 5) is 37.6. The first-order valence-electron chi connectivity index (χ1n) is 8.33. The number of carbonyl (C=O) groups is 3. The minimum absolute atomic E-state index is 0.0810. The second-order valence-electron chi connectivity index (χ2n) is 6.04. The Bertz CT molecular complexity index is 930. The number of carbonyl (C=O) groups excluding carboxylic acids is 3. The highest BCUT2D eigenvalue weighted by molar-refractivity contribution is 6.32. The largest absolute Gasteiger partial charge is 0.493 e. The number of imide groups is 1. The molecule has 1 aromatic carbocycles. The SMILES string of the molecule is CCOc1c(Cl)cc(C(=O)NN2C(=O)N[C@@](C)(c3ccco3)C2=O)cc1OC. The van der Waals surface area contributed by atoms with Crippen LogP contribution in [0.5, 0.6) is 11.5 Å². The fourth-order valence-electron chi connectivity index (χ4n) is 2.77. The molecule has 4 amide bonds. The third kappa shape index (κ3) is 3.24. The summed E-state index contributed by atoms with van der Waals surface area (Å²) in [5.41, 5.74) is 0.930. The van der Waals surface area contributed by atoms with Crippen molar-refractivity contribution in [2.45, 2.75) is 19.4 Å². The normalized spacial score (nSPS) is 18.8. The van der Waals surface area contributed by atoms with Gasteiger partial charge in [0.2, 0.25) is 0 Å². The third-order valence-corrected chi connectivity index (χ3v) is 4.48. The van der Waals surface area contributed by atoms with Gasteiger partial charge in [-0.05, 0) is 38.1 Å². The van der Waals surface area contributed by atoms with Crippen LogP contribution in [0.3, 0.4) is 0 Å².